The highest BCUT2D eigenvalue weighted by atomic mass is 16.3. The molecular formula is C22H38N4O. The fourth-order valence-corrected chi connectivity index (χ4v) is 3.49. The van der Waals surface area contributed by atoms with E-state index in [1.54, 1.807) is 0 Å². The highest BCUT2D eigenvalue weighted by molar-refractivity contribution is 5.79. The molecule has 5 nitrogen and oxygen atoms in total. The van der Waals surface area contributed by atoms with Crippen molar-refractivity contribution in [3.8, 4) is 0 Å². The number of hydrogen-bond acceptors (Lipinski definition) is 3. The molecule has 0 spiro atoms. The molecule has 1 aromatic rings. The molecule has 0 bridgehead atoms. The lowest BCUT2D eigenvalue weighted by molar-refractivity contribution is 0.0672. The van der Waals surface area contributed by atoms with E-state index < -0.39 is 5.60 Å². The van der Waals surface area contributed by atoms with E-state index in [2.05, 4.69) is 27.4 Å². The molecule has 1 atom stereocenters. The van der Waals surface area contributed by atoms with E-state index in [0.717, 1.165) is 31.0 Å². The third-order valence-corrected chi connectivity index (χ3v) is 5.18. The molecular weight excluding hydrogens is 336 g/mol. The van der Waals surface area contributed by atoms with Crippen LogP contribution in [-0.2, 0) is 5.60 Å². The van der Waals surface area contributed by atoms with E-state index in [1.165, 1.54) is 51.7 Å². The van der Waals surface area contributed by atoms with Crippen molar-refractivity contribution in [2.24, 2.45) is 4.99 Å². The molecule has 1 aliphatic heterocycles. The van der Waals surface area contributed by atoms with Gasteiger partial charge in [-0.25, -0.2) is 4.99 Å². The molecule has 0 aliphatic carbocycles. The van der Waals surface area contributed by atoms with Crippen molar-refractivity contribution in [3.05, 3.63) is 35.9 Å². The van der Waals surface area contributed by atoms with Crippen molar-refractivity contribution < 1.29 is 5.11 Å². The summed E-state index contributed by atoms with van der Waals surface area (Å²) in [4.78, 5) is 7.19. The molecule has 1 aromatic carbocycles. The minimum Gasteiger partial charge on any atom is -0.384 e. The molecule has 0 aromatic heterocycles. The summed E-state index contributed by atoms with van der Waals surface area (Å²) in [7, 11) is 0. The minimum atomic E-state index is -0.960. The third-order valence-electron chi connectivity index (χ3n) is 5.18. The van der Waals surface area contributed by atoms with Gasteiger partial charge in [0.15, 0.2) is 5.96 Å². The second-order valence-corrected chi connectivity index (χ2v) is 7.72. The Morgan fingerprint density at radius 2 is 1.81 bits per heavy atom. The summed E-state index contributed by atoms with van der Waals surface area (Å²) in [5.74, 6) is 0.782. The van der Waals surface area contributed by atoms with Crippen LogP contribution in [0.2, 0.25) is 0 Å². The van der Waals surface area contributed by atoms with Crippen LogP contribution in [0.1, 0.15) is 57.9 Å². The van der Waals surface area contributed by atoms with Gasteiger partial charge in [0.1, 0.15) is 5.60 Å². The van der Waals surface area contributed by atoms with Crippen molar-refractivity contribution in [2.75, 3.05) is 39.3 Å². The Bertz CT molecular complexity index is 539. The predicted molar refractivity (Wildman–Crippen MR) is 114 cm³/mol. The summed E-state index contributed by atoms with van der Waals surface area (Å²) in [5.41, 5.74) is -0.0692. The number of rotatable bonds is 10. The lowest BCUT2D eigenvalue weighted by Crippen LogP contribution is -2.39. The van der Waals surface area contributed by atoms with Crippen molar-refractivity contribution in [1.29, 1.82) is 0 Å². The molecule has 2 rings (SSSR count). The van der Waals surface area contributed by atoms with Gasteiger partial charge in [0.25, 0.3) is 0 Å². The van der Waals surface area contributed by atoms with Crippen molar-refractivity contribution >= 4 is 5.96 Å². The van der Waals surface area contributed by atoms with Crippen molar-refractivity contribution in [1.82, 2.24) is 15.5 Å². The minimum absolute atomic E-state index is 0.335. The maximum absolute atomic E-state index is 10.7. The average molecular weight is 375 g/mol. The first-order valence-electron chi connectivity index (χ1n) is 10.6. The number of nitrogens with zero attached hydrogens (tertiary/aromatic N) is 2. The van der Waals surface area contributed by atoms with Gasteiger partial charge in [-0.2, -0.15) is 0 Å². The van der Waals surface area contributed by atoms with Gasteiger partial charge in [-0.05, 0) is 64.7 Å². The number of likely N-dealkylation sites (tertiary alicyclic amines) is 1. The van der Waals surface area contributed by atoms with Crippen molar-refractivity contribution in [3.63, 3.8) is 0 Å². The molecule has 1 aliphatic rings. The first-order chi connectivity index (χ1) is 13.1. The summed E-state index contributed by atoms with van der Waals surface area (Å²) in [6.45, 7) is 9.76. The Hall–Kier alpha value is -1.59. The number of benzene rings is 1. The van der Waals surface area contributed by atoms with E-state index in [1.807, 2.05) is 37.3 Å². The van der Waals surface area contributed by atoms with Crippen LogP contribution in [0.4, 0.5) is 0 Å². The third kappa shape index (κ3) is 8.31. The zero-order valence-corrected chi connectivity index (χ0v) is 17.2. The van der Waals surface area contributed by atoms with Crippen LogP contribution in [0.15, 0.2) is 35.3 Å². The van der Waals surface area contributed by atoms with Crippen LogP contribution >= 0.6 is 0 Å². The van der Waals surface area contributed by atoms with Crippen LogP contribution in [0, 0.1) is 0 Å². The maximum atomic E-state index is 10.7. The number of hydrogen-bond donors (Lipinski definition) is 3. The number of aliphatic imine (C=N–C) groups is 1. The van der Waals surface area contributed by atoms with Gasteiger partial charge < -0.3 is 20.6 Å². The largest absolute Gasteiger partial charge is 0.384 e. The molecule has 27 heavy (non-hydrogen) atoms. The molecule has 3 N–H and O–H groups in total. The predicted octanol–water partition coefficient (Wildman–Crippen LogP) is 3.11. The number of nitrogens with one attached hydrogen (secondary N) is 2. The lowest BCUT2D eigenvalue weighted by Gasteiger charge is -2.26. The molecule has 0 radical (unpaired) electrons. The zero-order valence-electron chi connectivity index (χ0n) is 17.2. The van der Waals surface area contributed by atoms with Crippen LogP contribution in [-0.4, -0.2) is 55.2 Å². The number of unbranched alkanes of at least 4 members (excludes halogenated alkanes) is 2. The van der Waals surface area contributed by atoms with E-state index in [9.17, 15) is 5.11 Å². The Labute approximate surface area is 165 Å². The van der Waals surface area contributed by atoms with Crippen LogP contribution in [0.25, 0.3) is 0 Å². The lowest BCUT2D eigenvalue weighted by atomic mass is 9.96. The second kappa shape index (κ2) is 12.0. The first kappa shape index (κ1) is 21.7. The van der Waals surface area contributed by atoms with Crippen LogP contribution < -0.4 is 10.6 Å². The summed E-state index contributed by atoms with van der Waals surface area (Å²) in [6, 6.07) is 9.73. The van der Waals surface area contributed by atoms with E-state index in [-0.39, 0.29) is 0 Å². The van der Waals surface area contributed by atoms with Crippen LogP contribution in [0.3, 0.4) is 0 Å². The van der Waals surface area contributed by atoms with Gasteiger partial charge in [0.05, 0.1) is 6.54 Å². The highest BCUT2D eigenvalue weighted by Crippen LogP contribution is 2.20. The van der Waals surface area contributed by atoms with Crippen LogP contribution in [0.5, 0.6) is 0 Å². The molecule has 1 unspecified atom stereocenters. The molecule has 5 heteroatoms. The van der Waals surface area contributed by atoms with Gasteiger partial charge in [0.2, 0.25) is 0 Å². The Morgan fingerprint density at radius 1 is 1.07 bits per heavy atom. The molecule has 1 heterocycles. The van der Waals surface area contributed by atoms with Gasteiger partial charge in [-0.3, -0.25) is 0 Å². The second-order valence-electron chi connectivity index (χ2n) is 7.72. The van der Waals surface area contributed by atoms with Gasteiger partial charge in [-0.1, -0.05) is 43.2 Å². The Balaban J connectivity index is 1.68. The molecule has 1 saturated heterocycles. The molecule has 152 valence electrons. The summed E-state index contributed by atoms with van der Waals surface area (Å²) in [5, 5.41) is 17.4. The maximum Gasteiger partial charge on any atom is 0.191 e. The van der Waals surface area contributed by atoms with Crippen molar-refractivity contribution in [2.45, 2.75) is 58.0 Å². The number of aliphatic hydroxyl groups is 1. The Morgan fingerprint density at radius 3 is 2.52 bits per heavy atom. The first-order valence-corrected chi connectivity index (χ1v) is 10.6. The number of piperidine rings is 1. The van der Waals surface area contributed by atoms with Gasteiger partial charge in [-0.15, -0.1) is 0 Å². The Kier molecular flexibility index (Phi) is 9.64. The fraction of sp³-hybridized carbons (Fsp3) is 0.682. The van der Waals surface area contributed by atoms with E-state index in [4.69, 9.17) is 0 Å². The van der Waals surface area contributed by atoms with Gasteiger partial charge in [0, 0.05) is 13.1 Å². The molecule has 0 saturated carbocycles. The standard InChI is InChI=1S/C22H38N4O/c1-3-23-21(25-19-22(2,27)20-13-7-4-8-14-20)24-15-9-5-10-16-26-17-11-6-12-18-26/h4,7-8,13-14,27H,3,5-6,9-12,15-19H2,1-2H3,(H2,23,24,25). The average Bonchev–Trinajstić information content (AvgIpc) is 2.70. The normalized spacial score (nSPS) is 18.1. The molecule has 1 fully saturated rings. The summed E-state index contributed by atoms with van der Waals surface area (Å²) in [6.07, 6.45) is 7.81. The fourth-order valence-electron chi connectivity index (χ4n) is 3.49. The smallest absolute Gasteiger partial charge is 0.191 e. The number of guanidine groups is 1. The quantitative estimate of drug-likeness (QED) is 0.335. The topological polar surface area (TPSA) is 59.9 Å². The summed E-state index contributed by atoms with van der Waals surface area (Å²) < 4.78 is 0. The zero-order chi connectivity index (χ0) is 19.4. The molecule has 0 amide bonds. The highest BCUT2D eigenvalue weighted by Gasteiger charge is 2.22. The van der Waals surface area contributed by atoms with Gasteiger partial charge >= 0.3 is 0 Å². The SMILES string of the molecule is CCNC(=NCC(C)(O)c1ccccc1)NCCCCCN1CCCCC1. The summed E-state index contributed by atoms with van der Waals surface area (Å²) >= 11 is 0. The van der Waals surface area contributed by atoms with E-state index in [0.29, 0.717) is 6.54 Å². The monoisotopic (exact) mass is 374 g/mol. The van der Waals surface area contributed by atoms with E-state index >= 15 is 0 Å².